The van der Waals surface area contributed by atoms with E-state index < -0.39 is 5.60 Å². The van der Waals surface area contributed by atoms with E-state index in [1.807, 2.05) is 56.0 Å². The number of carbonyl (C=O) groups excluding carboxylic acids is 1. The summed E-state index contributed by atoms with van der Waals surface area (Å²) in [6.07, 6.45) is 3.09. The Kier molecular flexibility index (Phi) is 8.64. The SMILES string of the molecule is COc1cc(OC)cc(N(CCCO)c2ccc3ncn(C4CCN(C(=O)OC(C)(C)C)CC4)c(=O)c3c2)c1. The van der Waals surface area contributed by atoms with E-state index in [4.69, 9.17) is 14.2 Å². The fourth-order valence-corrected chi connectivity index (χ4v) is 4.79. The van der Waals surface area contributed by atoms with Crippen LogP contribution in [0.3, 0.4) is 0 Å². The summed E-state index contributed by atoms with van der Waals surface area (Å²) in [6, 6.07) is 11.1. The van der Waals surface area contributed by atoms with Gasteiger partial charge in [0, 0.05) is 61.9 Å². The zero-order valence-corrected chi connectivity index (χ0v) is 23.3. The van der Waals surface area contributed by atoms with Gasteiger partial charge in [0.25, 0.3) is 5.56 Å². The van der Waals surface area contributed by atoms with Crippen molar-refractivity contribution < 1.29 is 24.1 Å². The lowest BCUT2D eigenvalue weighted by molar-refractivity contribution is 0.0187. The Hall–Kier alpha value is -3.79. The van der Waals surface area contributed by atoms with E-state index in [-0.39, 0.29) is 24.3 Å². The van der Waals surface area contributed by atoms with Crippen LogP contribution in [-0.4, -0.2) is 71.7 Å². The number of aliphatic hydroxyl groups is 1. The van der Waals surface area contributed by atoms with Gasteiger partial charge in [-0.1, -0.05) is 0 Å². The Morgan fingerprint density at radius 3 is 2.31 bits per heavy atom. The van der Waals surface area contributed by atoms with Crippen LogP contribution in [0.15, 0.2) is 47.5 Å². The highest BCUT2D eigenvalue weighted by molar-refractivity contribution is 5.83. The van der Waals surface area contributed by atoms with E-state index in [1.54, 1.807) is 36.1 Å². The normalized spacial score (nSPS) is 14.4. The van der Waals surface area contributed by atoms with Gasteiger partial charge in [-0.15, -0.1) is 0 Å². The van der Waals surface area contributed by atoms with Gasteiger partial charge in [0.05, 0.1) is 31.4 Å². The summed E-state index contributed by atoms with van der Waals surface area (Å²) in [4.78, 5) is 34.4. The fraction of sp³-hybridized carbons (Fsp3) is 0.483. The molecule has 0 aliphatic carbocycles. The number of aliphatic hydroxyl groups excluding tert-OH is 1. The van der Waals surface area contributed by atoms with Gasteiger partial charge in [-0.2, -0.15) is 0 Å². The van der Waals surface area contributed by atoms with Crippen molar-refractivity contribution in [3.8, 4) is 11.5 Å². The summed E-state index contributed by atoms with van der Waals surface area (Å²) < 4.78 is 18.1. The predicted octanol–water partition coefficient (Wildman–Crippen LogP) is 4.51. The topological polar surface area (TPSA) is 106 Å². The molecular formula is C29H38N4O6. The Balaban J connectivity index is 1.63. The second kappa shape index (κ2) is 11.9. The molecule has 3 aromatic rings. The highest BCUT2D eigenvalue weighted by Gasteiger charge is 2.28. The smallest absolute Gasteiger partial charge is 0.410 e. The van der Waals surface area contributed by atoms with Gasteiger partial charge in [-0.25, -0.2) is 9.78 Å². The summed E-state index contributed by atoms with van der Waals surface area (Å²) in [5.41, 5.74) is 1.55. The number of benzene rings is 2. The fourth-order valence-electron chi connectivity index (χ4n) is 4.79. The van der Waals surface area contributed by atoms with Gasteiger partial charge in [-0.3, -0.25) is 9.36 Å². The molecule has 39 heavy (non-hydrogen) atoms. The van der Waals surface area contributed by atoms with Crippen molar-refractivity contribution in [2.24, 2.45) is 0 Å². The number of carbonyl (C=O) groups is 1. The highest BCUT2D eigenvalue weighted by atomic mass is 16.6. The summed E-state index contributed by atoms with van der Waals surface area (Å²) in [6.45, 7) is 7.12. The molecule has 2 heterocycles. The van der Waals surface area contributed by atoms with E-state index in [1.165, 1.54) is 0 Å². The van der Waals surface area contributed by atoms with Crippen molar-refractivity contribution in [1.29, 1.82) is 0 Å². The molecule has 10 heteroatoms. The molecule has 1 saturated heterocycles. The van der Waals surface area contributed by atoms with Gasteiger partial charge in [0.1, 0.15) is 17.1 Å². The number of hydrogen-bond acceptors (Lipinski definition) is 8. The lowest BCUT2D eigenvalue weighted by Crippen LogP contribution is -2.43. The third kappa shape index (κ3) is 6.62. The Labute approximate surface area is 228 Å². The van der Waals surface area contributed by atoms with Gasteiger partial charge < -0.3 is 29.1 Å². The van der Waals surface area contributed by atoms with Crippen molar-refractivity contribution >= 4 is 28.4 Å². The zero-order valence-electron chi connectivity index (χ0n) is 23.3. The highest BCUT2D eigenvalue weighted by Crippen LogP contribution is 2.34. The molecule has 1 amide bonds. The van der Waals surface area contributed by atoms with Crippen molar-refractivity contribution in [3.63, 3.8) is 0 Å². The second-order valence-electron chi connectivity index (χ2n) is 10.7. The minimum absolute atomic E-state index is 0.0293. The van der Waals surface area contributed by atoms with Crippen LogP contribution >= 0.6 is 0 Å². The van der Waals surface area contributed by atoms with E-state index in [0.29, 0.717) is 61.3 Å². The predicted molar refractivity (Wildman–Crippen MR) is 150 cm³/mol. The van der Waals surface area contributed by atoms with E-state index in [0.717, 1.165) is 11.4 Å². The summed E-state index contributed by atoms with van der Waals surface area (Å²) in [5, 5.41) is 10.1. The molecule has 0 radical (unpaired) electrons. The molecule has 1 N–H and O–H groups in total. The molecule has 0 atom stereocenters. The first-order valence-corrected chi connectivity index (χ1v) is 13.2. The van der Waals surface area contributed by atoms with Crippen molar-refractivity contribution in [2.75, 3.05) is 45.4 Å². The maximum absolute atomic E-state index is 13.7. The van der Waals surface area contributed by atoms with Crippen LogP contribution in [0.1, 0.15) is 46.1 Å². The van der Waals surface area contributed by atoms with Gasteiger partial charge in [0.2, 0.25) is 0 Å². The Bertz CT molecular complexity index is 1340. The lowest BCUT2D eigenvalue weighted by Gasteiger charge is -2.34. The molecule has 1 aliphatic rings. The third-order valence-corrected chi connectivity index (χ3v) is 6.78. The molecule has 4 rings (SSSR count). The second-order valence-corrected chi connectivity index (χ2v) is 10.7. The monoisotopic (exact) mass is 538 g/mol. The van der Waals surface area contributed by atoms with Crippen LogP contribution in [0.5, 0.6) is 11.5 Å². The van der Waals surface area contributed by atoms with Gasteiger partial charge >= 0.3 is 6.09 Å². The standard InChI is InChI=1S/C29H38N4O6/c1-29(2,3)39-28(36)31-12-9-20(10-13-31)33-19-30-26-8-7-21(17-25(26)27(33)35)32(11-6-14-34)22-15-23(37-4)18-24(16-22)38-5/h7-8,15-20,34H,6,9-14H2,1-5H3. The van der Waals surface area contributed by atoms with Crippen LogP contribution in [0.2, 0.25) is 0 Å². The van der Waals surface area contributed by atoms with E-state index in [9.17, 15) is 14.7 Å². The number of amides is 1. The number of aromatic nitrogens is 2. The summed E-state index contributed by atoms with van der Waals surface area (Å²) in [5.74, 6) is 1.28. The largest absolute Gasteiger partial charge is 0.497 e. The Morgan fingerprint density at radius 1 is 1.05 bits per heavy atom. The number of methoxy groups -OCH3 is 2. The van der Waals surface area contributed by atoms with E-state index in [2.05, 4.69) is 4.98 Å². The maximum atomic E-state index is 13.7. The molecule has 2 aromatic carbocycles. The van der Waals surface area contributed by atoms with Crippen LogP contribution < -0.4 is 19.9 Å². The molecule has 10 nitrogen and oxygen atoms in total. The quantitative estimate of drug-likeness (QED) is 0.447. The van der Waals surface area contributed by atoms with Crippen LogP contribution in [0, 0.1) is 0 Å². The first-order chi connectivity index (χ1) is 18.6. The molecule has 0 bridgehead atoms. The first-order valence-electron chi connectivity index (χ1n) is 13.2. The molecule has 1 aliphatic heterocycles. The molecule has 0 saturated carbocycles. The lowest BCUT2D eigenvalue weighted by atomic mass is 10.0. The van der Waals surface area contributed by atoms with Gasteiger partial charge in [-0.05, 0) is 58.2 Å². The van der Waals surface area contributed by atoms with Crippen molar-refractivity contribution in [1.82, 2.24) is 14.5 Å². The van der Waals surface area contributed by atoms with Crippen LogP contribution in [0.25, 0.3) is 10.9 Å². The summed E-state index contributed by atoms with van der Waals surface area (Å²) in [7, 11) is 3.19. The van der Waals surface area contributed by atoms with Crippen molar-refractivity contribution in [3.05, 3.63) is 53.1 Å². The van der Waals surface area contributed by atoms with Crippen molar-refractivity contribution in [2.45, 2.75) is 51.7 Å². The van der Waals surface area contributed by atoms with Gasteiger partial charge in [0.15, 0.2) is 0 Å². The molecule has 1 fully saturated rings. The number of ether oxygens (including phenoxy) is 3. The number of likely N-dealkylation sites (tertiary alicyclic amines) is 1. The molecule has 210 valence electrons. The molecule has 1 aromatic heterocycles. The number of nitrogens with zero attached hydrogens (tertiary/aromatic N) is 4. The number of fused-ring (bicyclic) bond motifs is 1. The average Bonchev–Trinajstić information content (AvgIpc) is 2.92. The minimum Gasteiger partial charge on any atom is -0.497 e. The molecular weight excluding hydrogens is 500 g/mol. The number of rotatable bonds is 8. The van der Waals surface area contributed by atoms with Crippen LogP contribution in [0.4, 0.5) is 16.2 Å². The first kappa shape index (κ1) is 28.2. The number of hydrogen-bond donors (Lipinski definition) is 1. The zero-order chi connectivity index (χ0) is 28.2. The molecule has 0 unspecified atom stereocenters. The van der Waals surface area contributed by atoms with Crippen LogP contribution in [-0.2, 0) is 4.74 Å². The van der Waals surface area contributed by atoms with E-state index >= 15 is 0 Å². The molecule has 0 spiro atoms. The maximum Gasteiger partial charge on any atom is 0.410 e. The number of anilines is 2. The summed E-state index contributed by atoms with van der Waals surface area (Å²) >= 11 is 0. The third-order valence-electron chi connectivity index (χ3n) is 6.78. The Morgan fingerprint density at radius 2 is 1.72 bits per heavy atom. The minimum atomic E-state index is -0.550. The number of piperidine rings is 1. The average molecular weight is 539 g/mol.